The first-order chi connectivity index (χ1) is 12.0. The molecule has 1 aromatic carbocycles. The molecule has 0 atom stereocenters. The zero-order valence-electron chi connectivity index (χ0n) is 13.2. The second-order valence-electron chi connectivity index (χ2n) is 5.48. The Bertz CT molecular complexity index is 970. The van der Waals surface area contributed by atoms with Gasteiger partial charge >= 0.3 is 0 Å². The molecular formula is C17H15ClFN3O2S. The summed E-state index contributed by atoms with van der Waals surface area (Å²) in [5.74, 6) is -0.616. The number of thiophene rings is 1. The Kier molecular flexibility index (Phi) is 5.45. The number of aromatic nitrogens is 2. The van der Waals surface area contributed by atoms with Crippen molar-refractivity contribution < 1.29 is 9.18 Å². The lowest BCUT2D eigenvalue weighted by Crippen LogP contribution is -2.31. The van der Waals surface area contributed by atoms with Gasteiger partial charge in [-0.15, -0.1) is 11.3 Å². The van der Waals surface area contributed by atoms with Gasteiger partial charge in [-0.05, 0) is 35.6 Å². The third-order valence-electron chi connectivity index (χ3n) is 3.75. The van der Waals surface area contributed by atoms with Crippen molar-refractivity contribution in [2.45, 2.75) is 19.4 Å². The zero-order chi connectivity index (χ0) is 17.8. The van der Waals surface area contributed by atoms with Crippen LogP contribution in [0.1, 0.15) is 12.0 Å². The summed E-state index contributed by atoms with van der Waals surface area (Å²) in [5.41, 5.74) is 0.686. The molecule has 0 saturated heterocycles. The molecule has 0 fully saturated rings. The van der Waals surface area contributed by atoms with Crippen molar-refractivity contribution in [1.82, 2.24) is 14.9 Å². The second kappa shape index (κ2) is 7.76. The normalized spacial score (nSPS) is 11.0. The molecule has 0 spiro atoms. The minimum atomic E-state index is -0.475. The van der Waals surface area contributed by atoms with Crippen LogP contribution in [-0.4, -0.2) is 22.0 Å². The molecular weight excluding hydrogens is 365 g/mol. The van der Waals surface area contributed by atoms with Crippen LogP contribution in [0.4, 0.5) is 4.39 Å². The molecule has 0 saturated carbocycles. The molecule has 0 aliphatic heterocycles. The van der Waals surface area contributed by atoms with E-state index in [2.05, 4.69) is 10.3 Å². The topological polar surface area (TPSA) is 64.0 Å². The Morgan fingerprint density at radius 2 is 2.20 bits per heavy atom. The number of fused-ring (bicyclic) bond motifs is 1. The van der Waals surface area contributed by atoms with Crippen LogP contribution in [0.2, 0.25) is 5.02 Å². The molecule has 2 aromatic heterocycles. The highest BCUT2D eigenvalue weighted by Gasteiger charge is 2.07. The van der Waals surface area contributed by atoms with Crippen molar-refractivity contribution in [3.63, 3.8) is 0 Å². The lowest BCUT2D eigenvalue weighted by Gasteiger charge is -2.08. The number of rotatable bonds is 6. The Hall–Kier alpha value is -2.25. The van der Waals surface area contributed by atoms with Gasteiger partial charge in [0, 0.05) is 19.5 Å². The quantitative estimate of drug-likeness (QED) is 0.716. The van der Waals surface area contributed by atoms with E-state index in [1.807, 2.05) is 5.38 Å². The van der Waals surface area contributed by atoms with Crippen LogP contribution in [-0.2, 0) is 17.8 Å². The first-order valence-electron chi connectivity index (χ1n) is 7.68. The van der Waals surface area contributed by atoms with Gasteiger partial charge in [-0.3, -0.25) is 14.2 Å². The van der Waals surface area contributed by atoms with Gasteiger partial charge in [-0.2, -0.15) is 0 Å². The van der Waals surface area contributed by atoms with Crippen LogP contribution in [0.3, 0.4) is 0 Å². The van der Waals surface area contributed by atoms with Crippen LogP contribution in [0.25, 0.3) is 10.2 Å². The summed E-state index contributed by atoms with van der Waals surface area (Å²) in [7, 11) is 0. The number of hydrogen-bond donors (Lipinski definition) is 1. The monoisotopic (exact) mass is 379 g/mol. The molecule has 0 bridgehead atoms. The van der Waals surface area contributed by atoms with E-state index >= 15 is 0 Å². The molecule has 2 heterocycles. The van der Waals surface area contributed by atoms with Crippen molar-refractivity contribution in [2.24, 2.45) is 0 Å². The van der Waals surface area contributed by atoms with E-state index in [1.165, 1.54) is 34.4 Å². The van der Waals surface area contributed by atoms with E-state index in [4.69, 9.17) is 11.6 Å². The fourth-order valence-electron chi connectivity index (χ4n) is 2.41. The summed E-state index contributed by atoms with van der Waals surface area (Å²) in [5, 5.41) is 5.23. The highest BCUT2D eigenvalue weighted by molar-refractivity contribution is 7.16. The fourth-order valence-corrected chi connectivity index (χ4v) is 3.34. The number of carbonyl (C=O) groups is 1. The minimum absolute atomic E-state index is 0.0496. The van der Waals surface area contributed by atoms with Crippen LogP contribution in [0.15, 0.2) is 40.8 Å². The molecule has 0 radical (unpaired) electrons. The summed E-state index contributed by atoms with van der Waals surface area (Å²) >= 11 is 7.13. The molecule has 1 N–H and O–H groups in total. The summed E-state index contributed by atoms with van der Waals surface area (Å²) in [6, 6.07) is 6.16. The Morgan fingerprint density at radius 1 is 1.36 bits per heavy atom. The van der Waals surface area contributed by atoms with Crippen LogP contribution in [0, 0.1) is 5.82 Å². The predicted octanol–water partition coefficient (Wildman–Crippen LogP) is 3.00. The van der Waals surface area contributed by atoms with Crippen molar-refractivity contribution in [3.05, 3.63) is 62.7 Å². The third kappa shape index (κ3) is 4.24. The summed E-state index contributed by atoms with van der Waals surface area (Å²) in [6.07, 6.45) is 2.22. The second-order valence-corrected chi connectivity index (χ2v) is 6.78. The summed E-state index contributed by atoms with van der Waals surface area (Å²) < 4.78 is 14.6. The van der Waals surface area contributed by atoms with Gasteiger partial charge in [0.25, 0.3) is 5.56 Å². The molecule has 3 rings (SSSR count). The van der Waals surface area contributed by atoms with Gasteiger partial charge in [-0.1, -0.05) is 17.7 Å². The van der Waals surface area contributed by atoms with E-state index in [0.717, 1.165) is 5.56 Å². The van der Waals surface area contributed by atoms with E-state index in [9.17, 15) is 14.0 Å². The standard InChI is InChI=1S/C17H15ClFN3O2S/c18-13-9-11(1-3-14(13)19)2-4-15(23)20-6-7-22-10-21-16-12(17(22)24)5-8-25-16/h1,3,5,8-10H,2,4,6-7H2,(H,20,23). The molecule has 8 heteroatoms. The third-order valence-corrected chi connectivity index (χ3v) is 4.86. The number of halogens is 2. The average molecular weight is 380 g/mol. The molecule has 1 amide bonds. The van der Waals surface area contributed by atoms with E-state index in [0.29, 0.717) is 29.7 Å². The van der Waals surface area contributed by atoms with Crippen molar-refractivity contribution in [2.75, 3.05) is 6.54 Å². The highest BCUT2D eigenvalue weighted by Crippen LogP contribution is 2.17. The largest absolute Gasteiger partial charge is 0.354 e. The fraction of sp³-hybridized carbons (Fsp3) is 0.235. The van der Waals surface area contributed by atoms with Crippen molar-refractivity contribution >= 4 is 39.1 Å². The SMILES string of the molecule is O=C(CCc1ccc(F)c(Cl)c1)NCCn1cnc2sccc2c1=O. The number of carbonyl (C=O) groups excluding carboxylic acids is 1. The molecule has 0 unspecified atom stereocenters. The average Bonchev–Trinajstić information content (AvgIpc) is 3.07. The summed E-state index contributed by atoms with van der Waals surface area (Å²) in [6.45, 7) is 0.686. The van der Waals surface area contributed by atoms with E-state index < -0.39 is 5.82 Å². The lowest BCUT2D eigenvalue weighted by molar-refractivity contribution is -0.121. The first kappa shape index (κ1) is 17.6. The smallest absolute Gasteiger partial charge is 0.262 e. The van der Waals surface area contributed by atoms with Gasteiger partial charge in [0.1, 0.15) is 10.6 Å². The van der Waals surface area contributed by atoms with Crippen LogP contribution < -0.4 is 10.9 Å². The minimum Gasteiger partial charge on any atom is -0.354 e. The zero-order valence-corrected chi connectivity index (χ0v) is 14.7. The number of nitrogens with one attached hydrogen (secondary N) is 1. The molecule has 5 nitrogen and oxygen atoms in total. The molecule has 25 heavy (non-hydrogen) atoms. The first-order valence-corrected chi connectivity index (χ1v) is 8.93. The van der Waals surface area contributed by atoms with Gasteiger partial charge in [0.05, 0.1) is 16.7 Å². The van der Waals surface area contributed by atoms with Crippen molar-refractivity contribution in [3.8, 4) is 0 Å². The number of benzene rings is 1. The maximum absolute atomic E-state index is 13.1. The van der Waals surface area contributed by atoms with Gasteiger partial charge in [0.2, 0.25) is 5.91 Å². The molecule has 0 aliphatic carbocycles. The van der Waals surface area contributed by atoms with E-state index in [-0.39, 0.29) is 22.9 Å². The van der Waals surface area contributed by atoms with Crippen LogP contribution >= 0.6 is 22.9 Å². The van der Waals surface area contributed by atoms with Crippen LogP contribution in [0.5, 0.6) is 0 Å². The number of hydrogen-bond acceptors (Lipinski definition) is 4. The van der Waals surface area contributed by atoms with Gasteiger partial charge < -0.3 is 5.32 Å². The van der Waals surface area contributed by atoms with Gasteiger partial charge in [0.15, 0.2) is 0 Å². The van der Waals surface area contributed by atoms with Crippen molar-refractivity contribution in [1.29, 1.82) is 0 Å². The van der Waals surface area contributed by atoms with Gasteiger partial charge in [-0.25, -0.2) is 9.37 Å². The number of nitrogens with zero attached hydrogens (tertiary/aromatic N) is 2. The Labute approximate surface area is 152 Å². The Balaban J connectivity index is 1.49. The maximum atomic E-state index is 13.1. The molecule has 130 valence electrons. The van der Waals surface area contributed by atoms with E-state index in [1.54, 1.807) is 12.1 Å². The number of aryl methyl sites for hydroxylation is 1. The number of amides is 1. The summed E-state index contributed by atoms with van der Waals surface area (Å²) in [4.78, 5) is 29.0. The molecule has 0 aliphatic rings. The lowest BCUT2D eigenvalue weighted by atomic mass is 10.1. The predicted molar refractivity (Wildman–Crippen MR) is 96.6 cm³/mol. The molecule has 3 aromatic rings. The highest BCUT2D eigenvalue weighted by atomic mass is 35.5. The maximum Gasteiger partial charge on any atom is 0.262 e. The Morgan fingerprint density at radius 3 is 3.00 bits per heavy atom.